The topological polar surface area (TPSA) is 81.5 Å². The van der Waals surface area contributed by atoms with Crippen LogP contribution in [0.4, 0.5) is 5.82 Å². The molecule has 7 heteroatoms. The summed E-state index contributed by atoms with van der Waals surface area (Å²) in [6, 6.07) is 5.65. The third-order valence-electron chi connectivity index (χ3n) is 4.56. The fourth-order valence-corrected chi connectivity index (χ4v) is 3.14. The first kappa shape index (κ1) is 16.7. The van der Waals surface area contributed by atoms with Crippen LogP contribution >= 0.6 is 0 Å². The van der Waals surface area contributed by atoms with Gasteiger partial charge < -0.3 is 15.0 Å². The van der Waals surface area contributed by atoms with Gasteiger partial charge in [0, 0.05) is 32.4 Å². The highest BCUT2D eigenvalue weighted by atomic mass is 16.5. The molecule has 1 aromatic rings. The molecule has 24 heavy (non-hydrogen) atoms. The molecule has 0 aliphatic carbocycles. The second-order valence-corrected chi connectivity index (χ2v) is 6.31. The number of amides is 1. The molecule has 1 amide bonds. The van der Waals surface area contributed by atoms with E-state index in [-0.39, 0.29) is 5.91 Å². The number of likely N-dealkylation sites (tertiary alicyclic amines) is 1. The van der Waals surface area contributed by atoms with Crippen LogP contribution in [0.3, 0.4) is 0 Å². The number of morpholine rings is 1. The lowest BCUT2D eigenvalue weighted by Gasteiger charge is -2.28. The number of rotatable bonds is 5. The summed E-state index contributed by atoms with van der Waals surface area (Å²) in [5, 5.41) is 12.1. The van der Waals surface area contributed by atoms with Crippen molar-refractivity contribution in [2.45, 2.75) is 6.42 Å². The van der Waals surface area contributed by atoms with Crippen LogP contribution in [0.25, 0.3) is 0 Å². The third kappa shape index (κ3) is 4.43. The number of ether oxygens (including phenoxy) is 1. The van der Waals surface area contributed by atoms with Crippen LogP contribution in [0.1, 0.15) is 12.0 Å². The van der Waals surface area contributed by atoms with E-state index < -0.39 is 0 Å². The first-order chi connectivity index (χ1) is 11.7. The number of carbonyl (C=O) groups is 1. The van der Waals surface area contributed by atoms with Crippen LogP contribution in [0.2, 0.25) is 0 Å². The van der Waals surface area contributed by atoms with E-state index in [0.717, 1.165) is 31.9 Å². The number of aromatic nitrogens is 1. The second-order valence-electron chi connectivity index (χ2n) is 6.31. The van der Waals surface area contributed by atoms with Gasteiger partial charge in [0.2, 0.25) is 5.91 Å². The molecule has 3 rings (SSSR count). The van der Waals surface area contributed by atoms with Crippen LogP contribution in [-0.4, -0.2) is 73.2 Å². The van der Waals surface area contributed by atoms with Crippen molar-refractivity contribution in [1.29, 1.82) is 5.26 Å². The van der Waals surface area contributed by atoms with Gasteiger partial charge in [0.15, 0.2) is 0 Å². The molecule has 2 aliphatic rings. The molecule has 128 valence electrons. The van der Waals surface area contributed by atoms with E-state index in [4.69, 9.17) is 10.00 Å². The summed E-state index contributed by atoms with van der Waals surface area (Å²) in [6.07, 6.45) is 2.66. The predicted octanol–water partition coefficient (Wildman–Crippen LogP) is 0.546. The Morgan fingerprint density at radius 3 is 2.92 bits per heavy atom. The quantitative estimate of drug-likeness (QED) is 0.849. The Labute approximate surface area is 142 Å². The van der Waals surface area contributed by atoms with Crippen molar-refractivity contribution >= 4 is 11.7 Å². The standard InChI is InChI=1S/C17H23N5O2/c18-9-14-1-2-16(19-10-14)20-11-15-3-4-21(12-15)13-17(23)22-5-7-24-8-6-22/h1-2,10,15H,3-8,11-13H2,(H,19,20)/t15-/m0/s1. The van der Waals surface area contributed by atoms with Crippen molar-refractivity contribution in [2.24, 2.45) is 5.92 Å². The SMILES string of the molecule is N#Cc1ccc(NC[C@@H]2CCN(CC(=O)N3CCOCC3)C2)nc1. The van der Waals surface area contributed by atoms with Gasteiger partial charge in [-0.3, -0.25) is 9.69 Å². The minimum Gasteiger partial charge on any atom is -0.378 e. The van der Waals surface area contributed by atoms with Crippen LogP contribution < -0.4 is 5.32 Å². The fourth-order valence-electron chi connectivity index (χ4n) is 3.14. The first-order valence-electron chi connectivity index (χ1n) is 8.42. The zero-order chi connectivity index (χ0) is 16.8. The Morgan fingerprint density at radius 2 is 2.21 bits per heavy atom. The Bertz CT molecular complexity index is 592. The van der Waals surface area contributed by atoms with Crippen LogP contribution in [0, 0.1) is 17.2 Å². The molecule has 1 aromatic heterocycles. The number of anilines is 1. The molecule has 0 unspecified atom stereocenters. The molecule has 7 nitrogen and oxygen atoms in total. The Hall–Kier alpha value is -2.17. The van der Waals surface area contributed by atoms with E-state index >= 15 is 0 Å². The van der Waals surface area contributed by atoms with E-state index in [1.165, 1.54) is 0 Å². The van der Waals surface area contributed by atoms with Gasteiger partial charge >= 0.3 is 0 Å². The van der Waals surface area contributed by atoms with E-state index in [2.05, 4.69) is 21.3 Å². The summed E-state index contributed by atoms with van der Waals surface area (Å²) in [6.45, 7) is 5.95. The first-order valence-corrected chi connectivity index (χ1v) is 8.42. The summed E-state index contributed by atoms with van der Waals surface area (Å²) in [7, 11) is 0. The molecule has 1 N–H and O–H groups in total. The summed E-state index contributed by atoms with van der Waals surface area (Å²) in [5.74, 6) is 1.51. The number of nitrogens with zero attached hydrogens (tertiary/aromatic N) is 4. The number of pyridine rings is 1. The normalized spacial score (nSPS) is 21.5. The highest BCUT2D eigenvalue weighted by Gasteiger charge is 2.26. The van der Waals surface area contributed by atoms with Gasteiger partial charge in [-0.15, -0.1) is 0 Å². The molecule has 0 aromatic carbocycles. The lowest BCUT2D eigenvalue weighted by atomic mass is 10.1. The van der Waals surface area contributed by atoms with Gasteiger partial charge in [-0.05, 0) is 31.0 Å². The molecular formula is C17H23N5O2. The summed E-state index contributed by atoms with van der Waals surface area (Å²) < 4.78 is 5.29. The number of carbonyl (C=O) groups excluding carboxylic acids is 1. The highest BCUT2D eigenvalue weighted by molar-refractivity contribution is 5.78. The minimum atomic E-state index is 0.209. The molecule has 1 atom stereocenters. The van der Waals surface area contributed by atoms with Crippen molar-refractivity contribution in [3.05, 3.63) is 23.9 Å². The van der Waals surface area contributed by atoms with E-state index in [1.54, 1.807) is 12.3 Å². The Balaban J connectivity index is 1.40. The fraction of sp³-hybridized carbons (Fsp3) is 0.588. The molecule has 0 bridgehead atoms. The maximum Gasteiger partial charge on any atom is 0.236 e. The lowest BCUT2D eigenvalue weighted by Crippen LogP contribution is -2.45. The largest absolute Gasteiger partial charge is 0.378 e. The summed E-state index contributed by atoms with van der Waals surface area (Å²) >= 11 is 0. The average Bonchev–Trinajstić information content (AvgIpc) is 3.08. The second kappa shape index (κ2) is 8.08. The molecule has 0 radical (unpaired) electrons. The monoisotopic (exact) mass is 329 g/mol. The lowest BCUT2D eigenvalue weighted by molar-refractivity contribution is -0.136. The number of nitrogens with one attached hydrogen (secondary N) is 1. The number of hydrogen-bond donors (Lipinski definition) is 1. The van der Waals surface area contributed by atoms with Gasteiger partial charge in [-0.2, -0.15) is 5.26 Å². The van der Waals surface area contributed by atoms with Crippen molar-refractivity contribution in [3.8, 4) is 6.07 Å². The highest BCUT2D eigenvalue weighted by Crippen LogP contribution is 2.17. The molecule has 0 saturated carbocycles. The zero-order valence-corrected chi connectivity index (χ0v) is 13.8. The predicted molar refractivity (Wildman–Crippen MR) is 89.4 cm³/mol. The van der Waals surface area contributed by atoms with Crippen molar-refractivity contribution in [1.82, 2.24) is 14.8 Å². The zero-order valence-electron chi connectivity index (χ0n) is 13.8. The van der Waals surface area contributed by atoms with Crippen molar-refractivity contribution in [2.75, 3.05) is 57.8 Å². The molecular weight excluding hydrogens is 306 g/mol. The third-order valence-corrected chi connectivity index (χ3v) is 4.56. The Kier molecular flexibility index (Phi) is 5.62. The van der Waals surface area contributed by atoms with E-state index in [9.17, 15) is 4.79 Å². The summed E-state index contributed by atoms with van der Waals surface area (Å²) in [4.78, 5) is 20.6. The number of hydrogen-bond acceptors (Lipinski definition) is 6. The van der Waals surface area contributed by atoms with Crippen molar-refractivity contribution < 1.29 is 9.53 Å². The van der Waals surface area contributed by atoms with Gasteiger partial charge in [-0.1, -0.05) is 0 Å². The van der Waals surface area contributed by atoms with Crippen LogP contribution in [0.15, 0.2) is 18.3 Å². The molecule has 2 saturated heterocycles. The van der Waals surface area contributed by atoms with E-state index in [0.29, 0.717) is 44.3 Å². The smallest absolute Gasteiger partial charge is 0.236 e. The molecule has 0 spiro atoms. The van der Waals surface area contributed by atoms with Gasteiger partial charge in [0.05, 0.1) is 25.3 Å². The molecule has 2 fully saturated rings. The van der Waals surface area contributed by atoms with Gasteiger partial charge in [0.1, 0.15) is 11.9 Å². The molecule has 2 aliphatic heterocycles. The van der Waals surface area contributed by atoms with Gasteiger partial charge in [0.25, 0.3) is 0 Å². The Morgan fingerprint density at radius 1 is 1.38 bits per heavy atom. The van der Waals surface area contributed by atoms with Crippen LogP contribution in [0.5, 0.6) is 0 Å². The summed E-state index contributed by atoms with van der Waals surface area (Å²) in [5.41, 5.74) is 0.564. The molecule has 3 heterocycles. The maximum atomic E-state index is 12.3. The van der Waals surface area contributed by atoms with Crippen molar-refractivity contribution in [3.63, 3.8) is 0 Å². The van der Waals surface area contributed by atoms with E-state index in [1.807, 2.05) is 11.0 Å². The minimum absolute atomic E-state index is 0.209. The maximum absolute atomic E-state index is 12.3. The van der Waals surface area contributed by atoms with Gasteiger partial charge in [-0.25, -0.2) is 4.98 Å². The van der Waals surface area contributed by atoms with Crippen LogP contribution in [-0.2, 0) is 9.53 Å². The average molecular weight is 329 g/mol. The number of nitriles is 1.